The quantitative estimate of drug-likeness (QED) is 0.826. The molecule has 1 aliphatic rings. The van der Waals surface area contributed by atoms with Crippen LogP contribution in [0.5, 0.6) is 0 Å². The van der Waals surface area contributed by atoms with Gasteiger partial charge in [-0.2, -0.15) is 5.26 Å². The highest BCUT2D eigenvalue weighted by atomic mass is 35.5. The molecule has 0 unspecified atom stereocenters. The number of rotatable bonds is 5. The van der Waals surface area contributed by atoms with Gasteiger partial charge in [0.25, 0.3) is 0 Å². The van der Waals surface area contributed by atoms with Crippen molar-refractivity contribution in [3.05, 3.63) is 28.3 Å². The number of likely N-dealkylation sites (N-methyl/N-ethyl adjacent to an activating group) is 1. The fraction of sp³-hybridized carbons (Fsp3) is 0.600. The fourth-order valence-electron chi connectivity index (χ4n) is 3.00. The van der Waals surface area contributed by atoms with Crippen molar-refractivity contribution in [2.24, 2.45) is 0 Å². The van der Waals surface area contributed by atoms with Gasteiger partial charge in [0.15, 0.2) is 0 Å². The third-order valence-corrected chi connectivity index (χ3v) is 4.88. The summed E-state index contributed by atoms with van der Waals surface area (Å²) in [5.41, 5.74) is 1.16. The first-order chi connectivity index (χ1) is 12.7. The topological polar surface area (TPSA) is 68.6 Å². The highest BCUT2D eigenvalue weighted by Crippen LogP contribution is 2.29. The second-order valence-corrected chi connectivity index (χ2v) is 8.36. The van der Waals surface area contributed by atoms with Crippen LogP contribution >= 0.6 is 11.6 Å². The largest absolute Gasteiger partial charge is 0.444 e. The third kappa shape index (κ3) is 7.02. The van der Waals surface area contributed by atoms with Crippen LogP contribution in [0.25, 0.3) is 0 Å². The van der Waals surface area contributed by atoms with Gasteiger partial charge in [-0.15, -0.1) is 0 Å². The van der Waals surface area contributed by atoms with Gasteiger partial charge >= 0.3 is 6.09 Å². The minimum Gasteiger partial charge on any atom is -0.444 e. The molecule has 1 saturated heterocycles. The van der Waals surface area contributed by atoms with Crippen LogP contribution in [0.15, 0.2) is 12.1 Å². The number of nitrogens with zero attached hydrogens (tertiary/aromatic N) is 3. The summed E-state index contributed by atoms with van der Waals surface area (Å²) >= 11 is 6.49. The monoisotopic (exact) mass is 392 g/mol. The maximum Gasteiger partial charge on any atom is 0.412 e. The minimum atomic E-state index is -0.602. The molecule has 0 spiro atoms. The lowest BCUT2D eigenvalue weighted by molar-refractivity contribution is 0.0636. The van der Waals surface area contributed by atoms with E-state index in [1.807, 2.05) is 0 Å². The average Bonchev–Trinajstić information content (AvgIpc) is 2.58. The van der Waals surface area contributed by atoms with E-state index in [2.05, 4.69) is 28.2 Å². The number of hydrogen-bond acceptors (Lipinski definition) is 5. The molecule has 1 aromatic carbocycles. The molecule has 0 saturated carbocycles. The first-order valence-corrected chi connectivity index (χ1v) is 9.69. The third-order valence-electron chi connectivity index (χ3n) is 4.43. The minimum absolute atomic E-state index is 0.416. The average molecular weight is 393 g/mol. The molecular formula is C20H29ClN4O2. The van der Waals surface area contributed by atoms with Gasteiger partial charge in [0.2, 0.25) is 0 Å². The molecule has 1 fully saturated rings. The van der Waals surface area contributed by atoms with Gasteiger partial charge in [0, 0.05) is 26.2 Å². The van der Waals surface area contributed by atoms with E-state index >= 15 is 0 Å². The maximum absolute atomic E-state index is 12.1. The summed E-state index contributed by atoms with van der Waals surface area (Å²) in [7, 11) is 2.14. The molecule has 0 radical (unpaired) electrons. The van der Waals surface area contributed by atoms with Gasteiger partial charge in [0.05, 0.1) is 22.3 Å². The van der Waals surface area contributed by atoms with Crippen LogP contribution in [0.2, 0.25) is 5.02 Å². The Balaban J connectivity index is 2.01. The normalized spacial score (nSPS) is 16.0. The van der Waals surface area contributed by atoms with Crippen LogP contribution < -0.4 is 5.32 Å². The SMILES string of the molecule is CN1CCN(CCCc2cc(C#N)cc(NC(=O)OC(C)(C)C)c2Cl)CC1. The molecule has 0 aliphatic carbocycles. The van der Waals surface area contributed by atoms with Crippen LogP contribution in [0.4, 0.5) is 10.5 Å². The number of carbonyl (C=O) groups excluding carboxylic acids is 1. The molecule has 6 nitrogen and oxygen atoms in total. The van der Waals surface area contributed by atoms with E-state index < -0.39 is 11.7 Å². The summed E-state index contributed by atoms with van der Waals surface area (Å²) in [6, 6.07) is 5.51. The van der Waals surface area contributed by atoms with E-state index in [0.717, 1.165) is 51.1 Å². The van der Waals surface area contributed by atoms with Crippen molar-refractivity contribution in [3.8, 4) is 6.07 Å². The summed E-state index contributed by atoms with van der Waals surface area (Å²) in [6.07, 6.45) is 1.12. The molecule has 7 heteroatoms. The first kappa shape index (κ1) is 21.5. The molecule has 0 bridgehead atoms. The van der Waals surface area contributed by atoms with E-state index in [9.17, 15) is 10.1 Å². The van der Waals surface area contributed by atoms with Crippen molar-refractivity contribution in [2.45, 2.75) is 39.2 Å². The summed E-state index contributed by atoms with van der Waals surface area (Å²) in [5.74, 6) is 0. The van der Waals surface area contributed by atoms with Crippen molar-refractivity contribution < 1.29 is 9.53 Å². The summed E-state index contributed by atoms with van der Waals surface area (Å²) in [5, 5.41) is 12.4. The van der Waals surface area contributed by atoms with Gasteiger partial charge in [-0.1, -0.05) is 11.6 Å². The smallest absolute Gasteiger partial charge is 0.412 e. The lowest BCUT2D eigenvalue weighted by Gasteiger charge is -2.32. The van der Waals surface area contributed by atoms with E-state index in [1.165, 1.54) is 0 Å². The van der Waals surface area contributed by atoms with E-state index in [1.54, 1.807) is 32.9 Å². The number of ether oxygens (including phenoxy) is 1. The Bertz CT molecular complexity index is 701. The number of anilines is 1. The number of piperazine rings is 1. The molecule has 0 atom stereocenters. The molecule has 1 aromatic rings. The molecule has 27 heavy (non-hydrogen) atoms. The summed E-state index contributed by atoms with van der Waals surface area (Å²) in [6.45, 7) is 10.7. The molecule has 1 N–H and O–H groups in total. The number of hydrogen-bond donors (Lipinski definition) is 1. The molecule has 1 amide bonds. The molecule has 0 aromatic heterocycles. The Morgan fingerprint density at radius 1 is 1.30 bits per heavy atom. The van der Waals surface area contributed by atoms with E-state index in [-0.39, 0.29) is 0 Å². The summed E-state index contributed by atoms with van der Waals surface area (Å²) in [4.78, 5) is 16.8. The van der Waals surface area contributed by atoms with Crippen LogP contribution in [-0.4, -0.2) is 61.3 Å². The first-order valence-electron chi connectivity index (χ1n) is 9.31. The zero-order valence-corrected chi connectivity index (χ0v) is 17.4. The van der Waals surface area contributed by atoms with Crippen molar-refractivity contribution in [2.75, 3.05) is 45.1 Å². The predicted molar refractivity (Wildman–Crippen MR) is 108 cm³/mol. The molecule has 1 aliphatic heterocycles. The van der Waals surface area contributed by atoms with Crippen LogP contribution in [0.3, 0.4) is 0 Å². The van der Waals surface area contributed by atoms with Crippen molar-refractivity contribution in [1.29, 1.82) is 5.26 Å². The Morgan fingerprint density at radius 3 is 2.56 bits per heavy atom. The van der Waals surface area contributed by atoms with E-state index in [4.69, 9.17) is 16.3 Å². The second-order valence-electron chi connectivity index (χ2n) is 7.98. The zero-order valence-electron chi connectivity index (χ0n) is 16.6. The Labute approximate surface area is 167 Å². The number of halogens is 1. The van der Waals surface area contributed by atoms with E-state index in [0.29, 0.717) is 16.3 Å². The number of benzene rings is 1. The summed E-state index contributed by atoms with van der Waals surface area (Å²) < 4.78 is 5.28. The number of carbonyl (C=O) groups is 1. The lowest BCUT2D eigenvalue weighted by atomic mass is 10.0. The van der Waals surface area contributed by atoms with Crippen LogP contribution in [0.1, 0.15) is 38.3 Å². The van der Waals surface area contributed by atoms with Gasteiger partial charge in [-0.25, -0.2) is 4.79 Å². The Kier molecular flexibility index (Phi) is 7.49. The molecule has 148 valence electrons. The Hall–Kier alpha value is -1.81. The van der Waals surface area contributed by atoms with Crippen molar-refractivity contribution >= 4 is 23.4 Å². The van der Waals surface area contributed by atoms with Gasteiger partial charge in [-0.3, -0.25) is 5.32 Å². The molecule has 2 rings (SSSR count). The van der Waals surface area contributed by atoms with Gasteiger partial charge < -0.3 is 14.5 Å². The van der Waals surface area contributed by atoms with Crippen LogP contribution in [0, 0.1) is 11.3 Å². The number of nitrogens with one attached hydrogen (secondary N) is 1. The maximum atomic E-state index is 12.1. The zero-order chi connectivity index (χ0) is 20.0. The van der Waals surface area contributed by atoms with Crippen molar-refractivity contribution in [1.82, 2.24) is 9.80 Å². The molecule has 1 heterocycles. The van der Waals surface area contributed by atoms with Crippen LogP contribution in [-0.2, 0) is 11.2 Å². The standard InChI is InChI=1S/C20H29ClN4O2/c1-20(2,3)27-19(26)23-17-13-15(14-22)12-16(18(17)21)6-5-7-25-10-8-24(4)9-11-25/h12-13H,5-11H2,1-4H3,(H,23,26). The number of nitriles is 1. The lowest BCUT2D eigenvalue weighted by Crippen LogP contribution is -2.44. The van der Waals surface area contributed by atoms with Crippen molar-refractivity contribution in [3.63, 3.8) is 0 Å². The molecular weight excluding hydrogens is 364 g/mol. The number of amides is 1. The fourth-order valence-corrected chi connectivity index (χ4v) is 3.25. The second kappa shape index (κ2) is 9.41. The highest BCUT2D eigenvalue weighted by Gasteiger charge is 2.19. The van der Waals surface area contributed by atoms with Gasteiger partial charge in [0.1, 0.15) is 5.60 Å². The predicted octanol–water partition coefficient (Wildman–Crippen LogP) is 3.74. The Morgan fingerprint density at radius 2 is 1.96 bits per heavy atom. The highest BCUT2D eigenvalue weighted by molar-refractivity contribution is 6.34. The van der Waals surface area contributed by atoms with Gasteiger partial charge in [-0.05, 0) is 64.9 Å². The number of aryl methyl sites for hydroxylation is 1.